The first-order valence-electron chi connectivity index (χ1n) is 4.45. The molecule has 0 aliphatic rings. The summed E-state index contributed by atoms with van der Waals surface area (Å²) in [6.45, 7) is 0. The van der Waals surface area contributed by atoms with Crippen LogP contribution in [0.5, 0.6) is 0 Å². The number of thiophene rings is 1. The van der Waals surface area contributed by atoms with Gasteiger partial charge in [0, 0.05) is 22.4 Å². The van der Waals surface area contributed by atoms with Gasteiger partial charge in [0.2, 0.25) is 18.2 Å². The molecular formula is C11H10NO2S+. The molecule has 0 aliphatic carbocycles. The summed E-state index contributed by atoms with van der Waals surface area (Å²) < 4.78 is 1.53. The molecular weight excluding hydrogens is 210 g/mol. The van der Waals surface area contributed by atoms with E-state index in [0.29, 0.717) is 5.56 Å². The first-order valence-corrected chi connectivity index (χ1v) is 5.33. The molecule has 0 aromatic carbocycles. The van der Waals surface area contributed by atoms with E-state index in [1.807, 2.05) is 17.5 Å². The quantitative estimate of drug-likeness (QED) is 0.577. The Morgan fingerprint density at radius 2 is 2.07 bits per heavy atom. The average molecular weight is 220 g/mol. The molecule has 4 heteroatoms. The van der Waals surface area contributed by atoms with Crippen LogP contribution in [-0.4, -0.2) is 12.9 Å². The van der Waals surface area contributed by atoms with Crippen LogP contribution in [-0.2, 0) is 0 Å². The van der Waals surface area contributed by atoms with Crippen molar-refractivity contribution in [1.82, 2.24) is 0 Å². The summed E-state index contributed by atoms with van der Waals surface area (Å²) in [5, 5.41) is 1.89. The lowest BCUT2D eigenvalue weighted by molar-refractivity contribution is -0.885. The highest BCUT2D eigenvalue weighted by atomic mass is 32.1. The topological polar surface area (TPSA) is 30.2 Å². The Kier molecular flexibility index (Phi) is 2.78. The van der Waals surface area contributed by atoms with E-state index in [2.05, 4.69) is 0 Å². The van der Waals surface area contributed by atoms with Crippen LogP contribution in [0.3, 0.4) is 0 Å². The number of nitrogens with zero attached hydrogens (tertiary/aromatic N) is 1. The van der Waals surface area contributed by atoms with Crippen LogP contribution in [0, 0.1) is 0 Å². The molecule has 2 aromatic rings. The summed E-state index contributed by atoms with van der Waals surface area (Å²) in [6, 6.07) is 7.18. The van der Waals surface area contributed by atoms with Gasteiger partial charge in [-0.3, -0.25) is 9.63 Å². The number of ketones is 1. The minimum Gasteiger partial charge on any atom is -0.288 e. The third kappa shape index (κ3) is 2.05. The predicted molar refractivity (Wildman–Crippen MR) is 56.9 cm³/mol. The Balaban J connectivity index is 2.27. The van der Waals surface area contributed by atoms with Crippen LogP contribution < -0.4 is 9.57 Å². The van der Waals surface area contributed by atoms with Gasteiger partial charge in [0.25, 0.3) is 0 Å². The normalized spacial score (nSPS) is 9.93. The number of rotatable bonds is 3. The van der Waals surface area contributed by atoms with Crippen molar-refractivity contribution in [2.24, 2.45) is 0 Å². The summed E-state index contributed by atoms with van der Waals surface area (Å²) in [5.74, 6) is 0.0493. The first-order chi connectivity index (χ1) is 7.31. The summed E-state index contributed by atoms with van der Waals surface area (Å²) in [6.07, 6.45) is 3.42. The molecule has 0 amide bonds. The number of hydrogen-bond acceptors (Lipinski definition) is 3. The molecule has 0 saturated carbocycles. The molecule has 0 unspecified atom stereocenters. The Bertz CT molecular complexity index is 448. The molecule has 0 radical (unpaired) electrons. The minimum absolute atomic E-state index is 0.0493. The molecule has 3 nitrogen and oxygen atoms in total. The average Bonchev–Trinajstić information content (AvgIpc) is 2.82. The van der Waals surface area contributed by atoms with Crippen molar-refractivity contribution in [2.45, 2.75) is 0 Å². The SMILES string of the molecule is CO[n+]1ccc(C(=O)c2cccs2)cc1. The van der Waals surface area contributed by atoms with E-state index in [9.17, 15) is 4.79 Å². The summed E-state index contributed by atoms with van der Waals surface area (Å²) in [5.41, 5.74) is 0.672. The highest BCUT2D eigenvalue weighted by molar-refractivity contribution is 7.12. The van der Waals surface area contributed by atoms with E-state index in [-0.39, 0.29) is 5.78 Å². The van der Waals surface area contributed by atoms with Crippen LogP contribution in [0.25, 0.3) is 0 Å². The van der Waals surface area contributed by atoms with Gasteiger partial charge in [0.05, 0.1) is 4.88 Å². The standard InChI is InChI=1S/C11H10NO2S/c1-14-12-6-4-9(5-7-12)11(13)10-3-2-8-15-10/h2-8H,1H3/q+1. The van der Waals surface area contributed by atoms with Crippen molar-refractivity contribution in [3.63, 3.8) is 0 Å². The largest absolute Gasteiger partial charge is 0.288 e. The molecule has 2 aromatic heterocycles. The Morgan fingerprint density at radius 1 is 1.33 bits per heavy atom. The Hall–Kier alpha value is -1.68. The number of aromatic nitrogens is 1. The summed E-state index contributed by atoms with van der Waals surface area (Å²) in [7, 11) is 1.57. The summed E-state index contributed by atoms with van der Waals surface area (Å²) >= 11 is 1.45. The second-order valence-corrected chi connectivity index (χ2v) is 3.88. The molecule has 76 valence electrons. The van der Waals surface area contributed by atoms with Gasteiger partial charge >= 0.3 is 0 Å². The van der Waals surface area contributed by atoms with Crippen molar-refractivity contribution in [3.8, 4) is 0 Å². The second-order valence-electron chi connectivity index (χ2n) is 2.94. The van der Waals surface area contributed by atoms with Gasteiger partial charge in [-0.2, -0.15) is 0 Å². The molecule has 2 rings (SSSR count). The zero-order valence-corrected chi connectivity index (χ0v) is 9.03. The third-order valence-electron chi connectivity index (χ3n) is 2.02. The molecule has 2 heterocycles. The van der Waals surface area contributed by atoms with E-state index < -0.39 is 0 Å². The van der Waals surface area contributed by atoms with E-state index in [1.165, 1.54) is 16.1 Å². The van der Waals surface area contributed by atoms with Crippen LogP contribution in [0.1, 0.15) is 15.2 Å². The maximum absolute atomic E-state index is 11.9. The van der Waals surface area contributed by atoms with Crippen LogP contribution in [0.2, 0.25) is 0 Å². The van der Waals surface area contributed by atoms with E-state index in [0.717, 1.165) is 4.88 Å². The lowest BCUT2D eigenvalue weighted by Crippen LogP contribution is -2.39. The Labute approximate surface area is 91.5 Å². The maximum atomic E-state index is 11.9. The van der Waals surface area contributed by atoms with E-state index in [4.69, 9.17) is 4.84 Å². The van der Waals surface area contributed by atoms with Gasteiger partial charge in [-0.25, -0.2) is 0 Å². The molecule has 0 fully saturated rings. The molecule has 15 heavy (non-hydrogen) atoms. The molecule has 0 aliphatic heterocycles. The lowest BCUT2D eigenvalue weighted by Gasteiger charge is -1.95. The predicted octanol–water partition coefficient (Wildman–Crippen LogP) is 1.32. The maximum Gasteiger partial charge on any atom is 0.223 e. The smallest absolute Gasteiger partial charge is 0.223 e. The fourth-order valence-corrected chi connectivity index (χ4v) is 1.92. The molecule has 0 spiro atoms. The van der Waals surface area contributed by atoms with Gasteiger partial charge in [-0.1, -0.05) is 6.07 Å². The fraction of sp³-hybridized carbons (Fsp3) is 0.0909. The highest BCUT2D eigenvalue weighted by Gasteiger charge is 2.11. The third-order valence-corrected chi connectivity index (χ3v) is 2.89. The zero-order chi connectivity index (χ0) is 10.7. The number of carbonyl (C=O) groups excluding carboxylic acids is 1. The van der Waals surface area contributed by atoms with Crippen LogP contribution in [0.4, 0.5) is 0 Å². The van der Waals surface area contributed by atoms with Crippen molar-refractivity contribution in [2.75, 3.05) is 7.11 Å². The Morgan fingerprint density at radius 3 is 2.60 bits per heavy atom. The van der Waals surface area contributed by atoms with Gasteiger partial charge in [-0.05, 0) is 11.4 Å². The van der Waals surface area contributed by atoms with Gasteiger partial charge < -0.3 is 0 Å². The molecule has 0 saturated heterocycles. The van der Waals surface area contributed by atoms with Crippen molar-refractivity contribution in [3.05, 3.63) is 52.5 Å². The molecule has 0 atom stereocenters. The first kappa shape index (κ1) is 9.86. The number of pyridine rings is 1. The number of hydrogen-bond donors (Lipinski definition) is 0. The second kappa shape index (κ2) is 4.23. The molecule has 0 N–H and O–H groups in total. The highest BCUT2D eigenvalue weighted by Crippen LogP contribution is 2.13. The van der Waals surface area contributed by atoms with Gasteiger partial charge in [0.15, 0.2) is 0 Å². The van der Waals surface area contributed by atoms with Crippen LogP contribution >= 0.6 is 11.3 Å². The zero-order valence-electron chi connectivity index (χ0n) is 8.21. The fourth-order valence-electron chi connectivity index (χ4n) is 1.24. The van der Waals surface area contributed by atoms with Crippen molar-refractivity contribution < 1.29 is 14.4 Å². The minimum atomic E-state index is 0.0493. The van der Waals surface area contributed by atoms with Gasteiger partial charge in [-0.15, -0.1) is 11.3 Å². The summed E-state index contributed by atoms with van der Waals surface area (Å²) in [4.78, 5) is 17.6. The molecule has 0 bridgehead atoms. The van der Waals surface area contributed by atoms with E-state index in [1.54, 1.807) is 31.6 Å². The number of carbonyl (C=O) groups is 1. The van der Waals surface area contributed by atoms with E-state index >= 15 is 0 Å². The van der Waals surface area contributed by atoms with Crippen molar-refractivity contribution in [1.29, 1.82) is 0 Å². The van der Waals surface area contributed by atoms with Crippen molar-refractivity contribution >= 4 is 17.1 Å². The lowest BCUT2D eigenvalue weighted by atomic mass is 10.1. The monoisotopic (exact) mass is 220 g/mol. The van der Waals surface area contributed by atoms with Gasteiger partial charge in [0.1, 0.15) is 7.11 Å². The van der Waals surface area contributed by atoms with Crippen LogP contribution in [0.15, 0.2) is 42.0 Å².